The second-order valence-corrected chi connectivity index (χ2v) is 8.37. The van der Waals surface area contributed by atoms with Gasteiger partial charge < -0.3 is 25.4 Å². The van der Waals surface area contributed by atoms with Gasteiger partial charge in [0.25, 0.3) is 0 Å². The van der Waals surface area contributed by atoms with E-state index in [1.165, 1.54) is 4.90 Å². The van der Waals surface area contributed by atoms with Crippen LogP contribution in [0.1, 0.15) is 36.8 Å². The third-order valence-electron chi connectivity index (χ3n) is 6.32. The molecule has 2 aliphatic rings. The molecule has 34 heavy (non-hydrogen) atoms. The van der Waals surface area contributed by atoms with Gasteiger partial charge in [-0.05, 0) is 28.7 Å². The van der Waals surface area contributed by atoms with Crippen molar-refractivity contribution in [1.29, 1.82) is 0 Å². The highest BCUT2D eigenvalue weighted by atomic mass is 16.5. The maximum atomic E-state index is 13.1. The minimum Gasteiger partial charge on any atom is -0.481 e. The Balaban J connectivity index is 1.42. The molecule has 9 heteroatoms. The normalized spacial score (nSPS) is 17.9. The Kier molecular flexibility index (Phi) is 6.81. The molecule has 1 aliphatic carbocycles. The highest BCUT2D eigenvalue weighted by Crippen LogP contribution is 2.44. The number of carboxylic acid groups (broad SMARTS) is 1. The van der Waals surface area contributed by atoms with Gasteiger partial charge in [-0.1, -0.05) is 55.5 Å². The van der Waals surface area contributed by atoms with Crippen LogP contribution in [0.4, 0.5) is 4.79 Å². The largest absolute Gasteiger partial charge is 0.481 e. The molecule has 1 aliphatic heterocycles. The molecule has 9 nitrogen and oxygen atoms in total. The first-order chi connectivity index (χ1) is 16.4. The number of benzene rings is 2. The Labute approximate surface area is 197 Å². The zero-order chi connectivity index (χ0) is 24.2. The predicted octanol–water partition coefficient (Wildman–Crippen LogP) is 2.11. The second-order valence-electron chi connectivity index (χ2n) is 8.37. The van der Waals surface area contributed by atoms with Crippen LogP contribution >= 0.6 is 0 Å². The number of nitrogens with one attached hydrogen (secondary N) is 2. The molecule has 3 N–H and O–H groups in total. The van der Waals surface area contributed by atoms with Crippen molar-refractivity contribution >= 4 is 23.9 Å². The van der Waals surface area contributed by atoms with Gasteiger partial charge in [-0.2, -0.15) is 0 Å². The van der Waals surface area contributed by atoms with Crippen LogP contribution in [0.15, 0.2) is 48.5 Å². The lowest BCUT2D eigenvalue weighted by Crippen LogP contribution is -2.61. The lowest BCUT2D eigenvalue weighted by Gasteiger charge is -2.36. The van der Waals surface area contributed by atoms with Gasteiger partial charge in [0.05, 0.1) is 6.42 Å². The van der Waals surface area contributed by atoms with Gasteiger partial charge in [0.2, 0.25) is 11.8 Å². The number of carbonyl (C=O) groups is 4. The van der Waals surface area contributed by atoms with E-state index in [0.29, 0.717) is 0 Å². The Hall–Kier alpha value is -3.88. The number of fused-ring (bicyclic) bond motifs is 3. The molecule has 1 saturated heterocycles. The monoisotopic (exact) mass is 465 g/mol. The molecule has 0 bridgehead atoms. The number of nitrogens with zero attached hydrogens (tertiary/aromatic N) is 1. The summed E-state index contributed by atoms with van der Waals surface area (Å²) in [7, 11) is 0. The number of carboxylic acids is 1. The van der Waals surface area contributed by atoms with E-state index in [1.807, 2.05) is 48.5 Å². The number of rotatable bonds is 7. The number of amides is 3. The average molecular weight is 466 g/mol. The number of hydrogen-bond acceptors (Lipinski definition) is 5. The van der Waals surface area contributed by atoms with Gasteiger partial charge >= 0.3 is 12.1 Å². The van der Waals surface area contributed by atoms with Crippen molar-refractivity contribution in [3.8, 4) is 11.1 Å². The van der Waals surface area contributed by atoms with E-state index in [1.54, 1.807) is 6.92 Å². The van der Waals surface area contributed by atoms with Gasteiger partial charge in [-0.3, -0.25) is 14.4 Å². The van der Waals surface area contributed by atoms with Gasteiger partial charge in [0, 0.05) is 19.0 Å². The fourth-order valence-electron chi connectivity index (χ4n) is 4.67. The van der Waals surface area contributed by atoms with E-state index < -0.39 is 42.4 Å². The number of alkyl carbamates (subject to hydrolysis) is 1. The first kappa shape index (κ1) is 23.3. The quantitative estimate of drug-likeness (QED) is 0.575. The predicted molar refractivity (Wildman–Crippen MR) is 123 cm³/mol. The minimum atomic E-state index is -1.18. The van der Waals surface area contributed by atoms with E-state index in [0.717, 1.165) is 22.3 Å². The van der Waals surface area contributed by atoms with Crippen LogP contribution in [-0.4, -0.2) is 65.7 Å². The zero-order valence-corrected chi connectivity index (χ0v) is 18.8. The molecule has 2 atom stereocenters. The fraction of sp³-hybridized carbons (Fsp3) is 0.360. The summed E-state index contributed by atoms with van der Waals surface area (Å²) in [5, 5.41) is 14.3. The number of ether oxygens (including phenoxy) is 1. The van der Waals surface area contributed by atoms with Crippen LogP contribution in [0.5, 0.6) is 0 Å². The maximum absolute atomic E-state index is 13.1. The molecular weight excluding hydrogens is 438 g/mol. The fourth-order valence-corrected chi connectivity index (χ4v) is 4.67. The highest BCUT2D eigenvalue weighted by molar-refractivity contribution is 5.94. The molecule has 0 saturated carbocycles. The number of piperazine rings is 1. The third kappa shape index (κ3) is 4.59. The summed E-state index contributed by atoms with van der Waals surface area (Å²) in [6.45, 7) is 2.23. The lowest BCUT2D eigenvalue weighted by atomic mass is 9.98. The van der Waals surface area contributed by atoms with E-state index in [2.05, 4.69) is 10.6 Å². The van der Waals surface area contributed by atoms with Gasteiger partial charge in [0.15, 0.2) is 0 Å². The van der Waals surface area contributed by atoms with Crippen LogP contribution < -0.4 is 10.6 Å². The van der Waals surface area contributed by atoms with Gasteiger partial charge in [-0.15, -0.1) is 0 Å². The van der Waals surface area contributed by atoms with Crippen LogP contribution in [0.3, 0.4) is 0 Å². The second kappa shape index (κ2) is 9.94. The smallest absolute Gasteiger partial charge is 0.407 e. The van der Waals surface area contributed by atoms with Crippen molar-refractivity contribution in [2.45, 2.75) is 37.8 Å². The summed E-state index contributed by atoms with van der Waals surface area (Å²) in [4.78, 5) is 50.3. The van der Waals surface area contributed by atoms with Crippen molar-refractivity contribution in [2.24, 2.45) is 0 Å². The highest BCUT2D eigenvalue weighted by Gasteiger charge is 2.38. The Morgan fingerprint density at radius 3 is 2.32 bits per heavy atom. The van der Waals surface area contributed by atoms with E-state index >= 15 is 0 Å². The van der Waals surface area contributed by atoms with Crippen LogP contribution in [0.2, 0.25) is 0 Å². The van der Waals surface area contributed by atoms with E-state index in [4.69, 9.17) is 9.84 Å². The number of hydrogen-bond donors (Lipinski definition) is 3. The molecule has 2 aromatic carbocycles. The van der Waals surface area contributed by atoms with Gasteiger partial charge in [-0.25, -0.2) is 4.79 Å². The van der Waals surface area contributed by atoms with Gasteiger partial charge in [0.1, 0.15) is 18.7 Å². The Morgan fingerprint density at radius 1 is 1.12 bits per heavy atom. The van der Waals surface area contributed by atoms with Crippen molar-refractivity contribution in [2.75, 3.05) is 19.7 Å². The maximum Gasteiger partial charge on any atom is 0.407 e. The topological polar surface area (TPSA) is 125 Å². The third-order valence-corrected chi connectivity index (χ3v) is 6.32. The summed E-state index contributed by atoms with van der Waals surface area (Å²) in [5.41, 5.74) is 4.38. The van der Waals surface area contributed by atoms with Crippen molar-refractivity contribution < 1.29 is 29.0 Å². The summed E-state index contributed by atoms with van der Waals surface area (Å²) in [6, 6.07) is 13.9. The van der Waals surface area contributed by atoms with E-state index in [9.17, 15) is 19.2 Å². The molecule has 1 heterocycles. The van der Waals surface area contributed by atoms with Crippen LogP contribution in [-0.2, 0) is 19.1 Å². The van der Waals surface area contributed by atoms with Crippen LogP contribution in [0.25, 0.3) is 11.1 Å². The number of carbonyl (C=O) groups excluding carboxylic acids is 3. The zero-order valence-electron chi connectivity index (χ0n) is 18.8. The Morgan fingerprint density at radius 2 is 1.74 bits per heavy atom. The molecule has 2 aromatic rings. The summed E-state index contributed by atoms with van der Waals surface area (Å²) in [5.74, 6) is -2.31. The molecule has 3 amide bonds. The standard InChI is InChI=1S/C25H27N3O6/c1-2-20(24(32)28-12-11-26-23(31)21(28)13-22(29)30)27-25(33)34-14-19-17-9-5-3-7-15(17)16-8-4-6-10-18(16)19/h3-10,19-21H,2,11-14H2,1H3,(H,26,31)(H,27,33)(H,29,30). The SMILES string of the molecule is CCC(NC(=O)OCC1c2ccccc2-c2ccccc21)C(=O)N1CCNC(=O)C1CC(=O)O. The van der Waals surface area contributed by atoms with Crippen LogP contribution in [0, 0.1) is 0 Å². The molecule has 0 spiro atoms. The van der Waals surface area contributed by atoms with Crippen molar-refractivity contribution in [1.82, 2.24) is 15.5 Å². The average Bonchev–Trinajstić information content (AvgIpc) is 3.15. The van der Waals surface area contributed by atoms with Crippen molar-refractivity contribution in [3.63, 3.8) is 0 Å². The lowest BCUT2D eigenvalue weighted by molar-refractivity contribution is -0.149. The first-order valence-corrected chi connectivity index (χ1v) is 11.3. The summed E-state index contributed by atoms with van der Waals surface area (Å²) < 4.78 is 5.53. The summed E-state index contributed by atoms with van der Waals surface area (Å²) in [6.07, 6.45) is -0.974. The molecule has 0 aromatic heterocycles. The number of aliphatic carboxylic acids is 1. The molecular formula is C25H27N3O6. The molecule has 0 radical (unpaired) electrons. The minimum absolute atomic E-state index is 0.109. The summed E-state index contributed by atoms with van der Waals surface area (Å²) >= 11 is 0. The van der Waals surface area contributed by atoms with Crippen molar-refractivity contribution in [3.05, 3.63) is 59.7 Å². The molecule has 178 valence electrons. The molecule has 1 fully saturated rings. The molecule has 2 unspecified atom stereocenters. The first-order valence-electron chi connectivity index (χ1n) is 11.3. The Bertz CT molecular complexity index is 1070. The van der Waals surface area contributed by atoms with E-state index in [-0.39, 0.29) is 32.0 Å². The molecule has 4 rings (SSSR count).